The lowest BCUT2D eigenvalue weighted by Crippen LogP contribution is -2.42. The summed E-state index contributed by atoms with van der Waals surface area (Å²) in [4.78, 5) is 12.5. The van der Waals surface area contributed by atoms with Gasteiger partial charge in [0.05, 0.1) is 28.9 Å². The summed E-state index contributed by atoms with van der Waals surface area (Å²) < 4.78 is 35.8. The van der Waals surface area contributed by atoms with E-state index >= 15 is 0 Å². The largest absolute Gasteiger partial charge is 0.462 e. The van der Waals surface area contributed by atoms with E-state index in [9.17, 15) is 18.3 Å². The molecule has 0 fully saturated rings. The third-order valence-corrected chi connectivity index (χ3v) is 8.49. The highest BCUT2D eigenvalue weighted by molar-refractivity contribution is 7.92. The van der Waals surface area contributed by atoms with Crippen molar-refractivity contribution < 1.29 is 23.1 Å². The second-order valence-corrected chi connectivity index (χ2v) is 12.5. The molecule has 8 nitrogen and oxygen atoms in total. The number of β-amino-alcohol motifs (C(OH)–C–C–N with tert-alkyl or cyclic N) is 1. The number of aryl methyl sites for hydroxylation is 1. The second kappa shape index (κ2) is 13.3. The van der Waals surface area contributed by atoms with Crippen molar-refractivity contribution in [3.8, 4) is 0 Å². The van der Waals surface area contributed by atoms with Crippen molar-refractivity contribution in [2.24, 2.45) is 0 Å². The van der Waals surface area contributed by atoms with Crippen LogP contribution in [0.15, 0.2) is 90.0 Å². The summed E-state index contributed by atoms with van der Waals surface area (Å²) in [6.07, 6.45) is 3.68. The van der Waals surface area contributed by atoms with Gasteiger partial charge in [0, 0.05) is 41.3 Å². The van der Waals surface area contributed by atoms with Crippen molar-refractivity contribution in [2.75, 3.05) is 17.9 Å². The van der Waals surface area contributed by atoms with Crippen LogP contribution in [0.1, 0.15) is 62.1 Å². The predicted octanol–water partition coefficient (Wildman–Crippen LogP) is 5.89. The molecule has 1 unspecified atom stereocenters. The number of unbranched alkanes of at least 4 members (excludes halogenated alkanes) is 1. The molecule has 0 aliphatic carbocycles. The van der Waals surface area contributed by atoms with E-state index in [1.54, 1.807) is 48.5 Å². The number of hydrogen-bond donors (Lipinski definition) is 3. The first-order chi connectivity index (χ1) is 19.6. The standard InChI is InChI=1S/C32H39N3O5S/c1-4-5-21-40-31(37)25-15-16-29-24(22-25)17-19-35(29)20-18-32(2,3)33-23-30(36)27-13-9-10-14-28(27)34-41(38,39)26-11-7-6-8-12-26/h6-17,19,22,30,33-34,36H,4-5,18,20-21,23H2,1-3H3. The lowest BCUT2D eigenvalue weighted by molar-refractivity contribution is 0.0500. The summed E-state index contributed by atoms with van der Waals surface area (Å²) in [7, 11) is -3.79. The number of para-hydroxylation sites is 1. The van der Waals surface area contributed by atoms with E-state index in [0.29, 0.717) is 23.4 Å². The maximum atomic E-state index is 12.9. The third-order valence-electron chi connectivity index (χ3n) is 7.11. The minimum atomic E-state index is -3.79. The first-order valence-electron chi connectivity index (χ1n) is 14.0. The maximum Gasteiger partial charge on any atom is 0.338 e. The fourth-order valence-electron chi connectivity index (χ4n) is 4.57. The molecule has 218 valence electrons. The molecule has 3 aromatic carbocycles. The number of carbonyl (C=O) groups excluding carboxylic acids is 1. The molecule has 0 amide bonds. The maximum absolute atomic E-state index is 12.9. The number of hydrogen-bond acceptors (Lipinski definition) is 6. The molecule has 4 aromatic rings. The molecule has 0 saturated heterocycles. The Morgan fingerprint density at radius 2 is 1.76 bits per heavy atom. The molecule has 0 saturated carbocycles. The average molecular weight is 578 g/mol. The van der Waals surface area contributed by atoms with Gasteiger partial charge in [-0.25, -0.2) is 13.2 Å². The molecule has 9 heteroatoms. The van der Waals surface area contributed by atoms with E-state index in [2.05, 4.69) is 35.4 Å². The van der Waals surface area contributed by atoms with Crippen molar-refractivity contribution in [2.45, 2.75) is 63.1 Å². The number of ether oxygens (including phenoxy) is 1. The van der Waals surface area contributed by atoms with Crippen LogP contribution in [0.25, 0.3) is 10.9 Å². The number of carbonyl (C=O) groups is 1. The number of rotatable bonds is 14. The highest BCUT2D eigenvalue weighted by atomic mass is 32.2. The fourth-order valence-corrected chi connectivity index (χ4v) is 5.68. The van der Waals surface area contributed by atoms with Gasteiger partial charge < -0.3 is 19.7 Å². The molecule has 1 aromatic heterocycles. The summed E-state index contributed by atoms with van der Waals surface area (Å²) in [5.74, 6) is -0.300. The van der Waals surface area contributed by atoms with Crippen LogP contribution in [0.3, 0.4) is 0 Å². The minimum Gasteiger partial charge on any atom is -0.462 e. The van der Waals surface area contributed by atoms with Gasteiger partial charge in [-0.15, -0.1) is 0 Å². The number of anilines is 1. The number of aliphatic hydroxyl groups is 1. The topological polar surface area (TPSA) is 110 Å². The van der Waals surface area contributed by atoms with Crippen LogP contribution in [0.2, 0.25) is 0 Å². The third kappa shape index (κ3) is 7.97. The Labute approximate surface area is 242 Å². The predicted molar refractivity (Wildman–Crippen MR) is 162 cm³/mol. The average Bonchev–Trinajstić information content (AvgIpc) is 3.38. The molecular formula is C32H39N3O5S. The van der Waals surface area contributed by atoms with Gasteiger partial charge in [-0.1, -0.05) is 49.7 Å². The number of sulfonamides is 1. The Balaban J connectivity index is 1.36. The number of benzene rings is 3. The fraction of sp³-hybridized carbons (Fsp3) is 0.344. The van der Waals surface area contributed by atoms with Crippen LogP contribution in [0.5, 0.6) is 0 Å². The molecule has 0 spiro atoms. The van der Waals surface area contributed by atoms with Crippen LogP contribution < -0.4 is 10.0 Å². The van der Waals surface area contributed by atoms with Gasteiger partial charge in [0.2, 0.25) is 0 Å². The molecule has 3 N–H and O–H groups in total. The number of aromatic nitrogens is 1. The number of nitrogens with zero attached hydrogens (tertiary/aromatic N) is 1. The van der Waals surface area contributed by atoms with Gasteiger partial charge in [-0.3, -0.25) is 4.72 Å². The van der Waals surface area contributed by atoms with Gasteiger partial charge in [-0.2, -0.15) is 0 Å². The highest BCUT2D eigenvalue weighted by Gasteiger charge is 2.22. The Kier molecular flexibility index (Phi) is 9.86. The van der Waals surface area contributed by atoms with Crippen molar-refractivity contribution in [1.29, 1.82) is 0 Å². The summed E-state index contributed by atoms with van der Waals surface area (Å²) in [5, 5.41) is 15.4. The molecule has 1 heterocycles. The molecule has 0 radical (unpaired) electrons. The van der Waals surface area contributed by atoms with E-state index in [4.69, 9.17) is 4.74 Å². The molecule has 1 atom stereocenters. The number of esters is 1. The van der Waals surface area contributed by atoms with Crippen molar-refractivity contribution in [1.82, 2.24) is 9.88 Å². The van der Waals surface area contributed by atoms with Crippen LogP contribution in [0, 0.1) is 0 Å². The molecule has 0 aliphatic rings. The first kappa shape index (κ1) is 30.3. The van der Waals surface area contributed by atoms with E-state index in [-0.39, 0.29) is 22.9 Å². The summed E-state index contributed by atoms with van der Waals surface area (Å²) in [6, 6.07) is 22.6. The lowest BCUT2D eigenvalue weighted by Gasteiger charge is -2.29. The molecule has 0 bridgehead atoms. The van der Waals surface area contributed by atoms with E-state index in [0.717, 1.165) is 36.7 Å². The molecular weight excluding hydrogens is 538 g/mol. The molecule has 4 rings (SSSR count). The van der Waals surface area contributed by atoms with E-state index in [1.807, 2.05) is 24.4 Å². The first-order valence-corrected chi connectivity index (χ1v) is 15.4. The number of fused-ring (bicyclic) bond motifs is 1. The van der Waals surface area contributed by atoms with Crippen molar-refractivity contribution in [3.63, 3.8) is 0 Å². The zero-order valence-corrected chi connectivity index (χ0v) is 24.7. The smallest absolute Gasteiger partial charge is 0.338 e. The Bertz CT molecular complexity index is 1560. The van der Waals surface area contributed by atoms with Crippen LogP contribution in [-0.2, 0) is 21.3 Å². The second-order valence-electron chi connectivity index (χ2n) is 10.8. The van der Waals surface area contributed by atoms with Gasteiger partial charge in [0.25, 0.3) is 10.0 Å². The molecule has 41 heavy (non-hydrogen) atoms. The molecule has 0 aliphatic heterocycles. The Hall–Kier alpha value is -3.66. The minimum absolute atomic E-state index is 0.157. The SMILES string of the molecule is CCCCOC(=O)c1ccc2c(ccn2CCC(C)(C)NCC(O)c2ccccc2NS(=O)(=O)c2ccccc2)c1. The van der Waals surface area contributed by atoms with Gasteiger partial charge in [-0.05, 0) is 69.2 Å². The van der Waals surface area contributed by atoms with E-state index in [1.165, 1.54) is 12.1 Å². The monoisotopic (exact) mass is 577 g/mol. The number of aliphatic hydroxyl groups excluding tert-OH is 1. The highest BCUT2D eigenvalue weighted by Crippen LogP contribution is 2.26. The van der Waals surface area contributed by atoms with E-state index < -0.39 is 16.1 Å². The summed E-state index contributed by atoms with van der Waals surface area (Å²) >= 11 is 0. The van der Waals surface area contributed by atoms with Crippen LogP contribution >= 0.6 is 0 Å². The van der Waals surface area contributed by atoms with Crippen LogP contribution in [0.4, 0.5) is 5.69 Å². The van der Waals surface area contributed by atoms with Crippen molar-refractivity contribution in [3.05, 3.63) is 96.2 Å². The van der Waals surface area contributed by atoms with Gasteiger partial charge in [0.15, 0.2) is 0 Å². The zero-order valence-electron chi connectivity index (χ0n) is 23.8. The quantitative estimate of drug-likeness (QED) is 0.127. The van der Waals surface area contributed by atoms with Gasteiger partial charge in [0.1, 0.15) is 0 Å². The lowest BCUT2D eigenvalue weighted by atomic mass is 9.99. The Morgan fingerprint density at radius 3 is 2.51 bits per heavy atom. The zero-order chi connectivity index (χ0) is 29.5. The normalized spacial score (nSPS) is 12.8. The number of nitrogens with one attached hydrogen (secondary N) is 2. The van der Waals surface area contributed by atoms with Gasteiger partial charge >= 0.3 is 5.97 Å². The van der Waals surface area contributed by atoms with Crippen molar-refractivity contribution >= 4 is 32.6 Å². The van der Waals surface area contributed by atoms with Crippen LogP contribution in [-0.4, -0.2) is 42.8 Å². The Morgan fingerprint density at radius 1 is 1.02 bits per heavy atom. The summed E-state index contributed by atoms with van der Waals surface area (Å²) in [5.41, 5.74) is 2.10. The summed E-state index contributed by atoms with van der Waals surface area (Å²) in [6.45, 7) is 7.60.